The lowest BCUT2D eigenvalue weighted by atomic mass is 10.2. The van der Waals surface area contributed by atoms with Crippen molar-refractivity contribution in [1.82, 2.24) is 0 Å². The van der Waals surface area contributed by atoms with Gasteiger partial charge in [-0.1, -0.05) is 16.8 Å². The number of nitrogens with one attached hydrogen (secondary N) is 1. The molecule has 0 saturated heterocycles. The van der Waals surface area contributed by atoms with Crippen molar-refractivity contribution in [2.45, 2.75) is 26.3 Å². The third-order valence-electron chi connectivity index (χ3n) is 2.29. The Morgan fingerprint density at radius 2 is 2.29 bits per heavy atom. The molecule has 1 atom stereocenters. The van der Waals surface area contributed by atoms with Crippen molar-refractivity contribution >= 4 is 39.1 Å². The van der Waals surface area contributed by atoms with E-state index in [0.717, 1.165) is 15.7 Å². The Hall–Kier alpha value is -0.940. The highest BCUT2D eigenvalue weighted by Gasteiger charge is 2.09. The van der Waals surface area contributed by atoms with Crippen molar-refractivity contribution in [2.24, 2.45) is 10.9 Å². The highest BCUT2D eigenvalue weighted by molar-refractivity contribution is 9.10. The van der Waals surface area contributed by atoms with E-state index in [9.17, 15) is 0 Å². The van der Waals surface area contributed by atoms with Gasteiger partial charge in [-0.2, -0.15) is 0 Å². The van der Waals surface area contributed by atoms with Crippen LogP contribution in [0.5, 0.6) is 0 Å². The van der Waals surface area contributed by atoms with Crippen LogP contribution in [0.2, 0.25) is 5.02 Å². The summed E-state index contributed by atoms with van der Waals surface area (Å²) in [5, 5.41) is 15.4. The maximum atomic E-state index is 8.49. The van der Waals surface area contributed by atoms with E-state index in [4.69, 9.17) is 22.5 Å². The third-order valence-corrected chi connectivity index (χ3v) is 3.36. The van der Waals surface area contributed by atoms with Gasteiger partial charge in [0, 0.05) is 22.0 Å². The standard InChI is InChI=1S/C11H15BrClN3O/c1-6-3-8(12)10(5-9(6)13)15-7(2)4-11(14)16-17/h3,5,7,15,17H,4H2,1-2H3,(H2,14,16). The van der Waals surface area contributed by atoms with E-state index in [2.05, 4.69) is 26.4 Å². The molecular formula is C11H15BrClN3O. The number of hydrogen-bond donors (Lipinski definition) is 3. The molecule has 1 aromatic carbocycles. The molecule has 0 radical (unpaired) electrons. The SMILES string of the molecule is Cc1cc(Br)c(NC(C)C/C(N)=N/O)cc1Cl. The molecule has 0 heterocycles. The number of amidine groups is 1. The average Bonchev–Trinajstić information content (AvgIpc) is 2.25. The Labute approximate surface area is 114 Å². The smallest absolute Gasteiger partial charge is 0.141 e. The quantitative estimate of drug-likeness (QED) is 0.345. The Kier molecular flexibility index (Phi) is 5.08. The molecule has 4 N–H and O–H groups in total. The molecule has 0 fully saturated rings. The molecule has 0 saturated carbocycles. The van der Waals surface area contributed by atoms with Gasteiger partial charge >= 0.3 is 0 Å². The molecule has 94 valence electrons. The first-order valence-electron chi connectivity index (χ1n) is 5.12. The third kappa shape index (κ3) is 4.09. The summed E-state index contributed by atoms with van der Waals surface area (Å²) in [6, 6.07) is 3.84. The minimum Gasteiger partial charge on any atom is -0.409 e. The number of rotatable bonds is 4. The number of oxime groups is 1. The summed E-state index contributed by atoms with van der Waals surface area (Å²) in [7, 11) is 0. The molecule has 0 bridgehead atoms. The van der Waals surface area contributed by atoms with Crippen LogP contribution in [0.15, 0.2) is 21.8 Å². The molecule has 1 aromatic rings. The van der Waals surface area contributed by atoms with Crippen molar-refractivity contribution in [3.63, 3.8) is 0 Å². The highest BCUT2D eigenvalue weighted by Crippen LogP contribution is 2.29. The van der Waals surface area contributed by atoms with Crippen LogP contribution in [0.4, 0.5) is 5.69 Å². The monoisotopic (exact) mass is 319 g/mol. The van der Waals surface area contributed by atoms with E-state index in [1.54, 1.807) is 0 Å². The van der Waals surface area contributed by atoms with Crippen molar-refractivity contribution < 1.29 is 5.21 Å². The van der Waals surface area contributed by atoms with E-state index in [1.807, 2.05) is 26.0 Å². The Morgan fingerprint density at radius 3 is 2.88 bits per heavy atom. The van der Waals surface area contributed by atoms with Crippen LogP contribution in [0.3, 0.4) is 0 Å². The molecule has 0 aliphatic carbocycles. The van der Waals surface area contributed by atoms with E-state index < -0.39 is 0 Å². The first-order chi connectivity index (χ1) is 7.93. The number of anilines is 1. The minimum atomic E-state index is 0.0426. The van der Waals surface area contributed by atoms with Gasteiger partial charge in [0.2, 0.25) is 0 Å². The molecule has 0 spiro atoms. The van der Waals surface area contributed by atoms with Gasteiger partial charge in [0.15, 0.2) is 0 Å². The van der Waals surface area contributed by atoms with Crippen LogP contribution in [0, 0.1) is 6.92 Å². The lowest BCUT2D eigenvalue weighted by molar-refractivity contribution is 0.316. The summed E-state index contributed by atoms with van der Waals surface area (Å²) in [5.74, 6) is 0.194. The lowest BCUT2D eigenvalue weighted by Crippen LogP contribution is -2.24. The molecule has 1 unspecified atom stereocenters. The fourth-order valence-electron chi connectivity index (χ4n) is 1.43. The van der Waals surface area contributed by atoms with Crippen molar-refractivity contribution in [1.29, 1.82) is 0 Å². The highest BCUT2D eigenvalue weighted by atomic mass is 79.9. The first-order valence-corrected chi connectivity index (χ1v) is 6.29. The number of hydrogen-bond acceptors (Lipinski definition) is 3. The van der Waals surface area contributed by atoms with Gasteiger partial charge in [0.1, 0.15) is 5.84 Å². The number of benzene rings is 1. The van der Waals surface area contributed by atoms with Crippen LogP contribution in [-0.2, 0) is 0 Å². The Bertz CT molecular complexity index is 437. The summed E-state index contributed by atoms with van der Waals surface area (Å²) in [6.07, 6.45) is 0.453. The van der Waals surface area contributed by atoms with Crippen LogP contribution < -0.4 is 11.1 Å². The predicted octanol–water partition coefficient (Wildman–Crippen LogP) is 3.35. The van der Waals surface area contributed by atoms with E-state index in [0.29, 0.717) is 11.4 Å². The molecule has 0 aliphatic rings. The normalized spacial score (nSPS) is 13.5. The first kappa shape index (κ1) is 14.1. The van der Waals surface area contributed by atoms with Gasteiger partial charge in [-0.05, 0) is 47.5 Å². The van der Waals surface area contributed by atoms with Crippen LogP contribution in [0.25, 0.3) is 0 Å². The maximum absolute atomic E-state index is 8.49. The maximum Gasteiger partial charge on any atom is 0.141 e. The van der Waals surface area contributed by atoms with E-state index >= 15 is 0 Å². The second kappa shape index (κ2) is 6.12. The van der Waals surface area contributed by atoms with Gasteiger partial charge in [-0.15, -0.1) is 0 Å². The van der Waals surface area contributed by atoms with Crippen molar-refractivity contribution in [3.8, 4) is 0 Å². The largest absolute Gasteiger partial charge is 0.409 e. The van der Waals surface area contributed by atoms with Crippen LogP contribution in [0.1, 0.15) is 18.9 Å². The number of aryl methyl sites for hydroxylation is 1. The molecule has 1 rings (SSSR count). The topological polar surface area (TPSA) is 70.6 Å². The molecule has 0 aliphatic heterocycles. The summed E-state index contributed by atoms with van der Waals surface area (Å²) < 4.78 is 0.936. The molecule has 4 nitrogen and oxygen atoms in total. The zero-order valence-electron chi connectivity index (χ0n) is 9.67. The second-order valence-corrected chi connectivity index (χ2v) is 5.18. The average molecular weight is 321 g/mol. The van der Waals surface area contributed by atoms with Crippen LogP contribution in [-0.4, -0.2) is 17.1 Å². The molecule has 0 aromatic heterocycles. The lowest BCUT2D eigenvalue weighted by Gasteiger charge is -2.16. The molecule has 17 heavy (non-hydrogen) atoms. The molecule has 0 amide bonds. The summed E-state index contributed by atoms with van der Waals surface area (Å²) >= 11 is 9.51. The summed E-state index contributed by atoms with van der Waals surface area (Å²) in [5.41, 5.74) is 7.34. The van der Waals surface area contributed by atoms with E-state index in [1.165, 1.54) is 0 Å². The molecular weight excluding hydrogens is 305 g/mol. The minimum absolute atomic E-state index is 0.0426. The fraction of sp³-hybridized carbons (Fsp3) is 0.364. The predicted molar refractivity (Wildman–Crippen MR) is 75.0 cm³/mol. The second-order valence-electron chi connectivity index (χ2n) is 3.92. The molecule has 6 heteroatoms. The van der Waals surface area contributed by atoms with Gasteiger partial charge < -0.3 is 16.3 Å². The van der Waals surface area contributed by atoms with Crippen molar-refractivity contribution in [3.05, 3.63) is 27.2 Å². The van der Waals surface area contributed by atoms with Gasteiger partial charge in [-0.25, -0.2) is 0 Å². The zero-order valence-corrected chi connectivity index (χ0v) is 12.0. The Balaban J connectivity index is 2.78. The summed E-state index contributed by atoms with van der Waals surface area (Å²) in [4.78, 5) is 0. The van der Waals surface area contributed by atoms with Gasteiger partial charge in [0.05, 0.1) is 5.69 Å². The number of halogens is 2. The van der Waals surface area contributed by atoms with Crippen LogP contribution >= 0.6 is 27.5 Å². The number of nitrogens with zero attached hydrogens (tertiary/aromatic N) is 1. The van der Waals surface area contributed by atoms with E-state index in [-0.39, 0.29) is 11.9 Å². The Morgan fingerprint density at radius 1 is 1.65 bits per heavy atom. The zero-order chi connectivity index (χ0) is 13.0. The number of nitrogens with two attached hydrogens (primary N) is 1. The van der Waals surface area contributed by atoms with Gasteiger partial charge in [-0.3, -0.25) is 0 Å². The summed E-state index contributed by atoms with van der Waals surface area (Å²) in [6.45, 7) is 3.88. The van der Waals surface area contributed by atoms with Gasteiger partial charge in [0.25, 0.3) is 0 Å². The fourth-order valence-corrected chi connectivity index (χ4v) is 2.16. The van der Waals surface area contributed by atoms with Crippen molar-refractivity contribution in [2.75, 3.05) is 5.32 Å².